The van der Waals surface area contributed by atoms with Crippen molar-refractivity contribution in [1.82, 2.24) is 20.9 Å². The Balaban J connectivity index is 1.45. The molecule has 2 amide bonds. The van der Waals surface area contributed by atoms with Crippen LogP contribution in [0.1, 0.15) is 61.9 Å². The van der Waals surface area contributed by atoms with Crippen LogP contribution in [0.4, 0.5) is 0 Å². The van der Waals surface area contributed by atoms with Gasteiger partial charge < -0.3 is 26.6 Å². The van der Waals surface area contributed by atoms with E-state index in [1.54, 1.807) is 0 Å². The van der Waals surface area contributed by atoms with Gasteiger partial charge in [-0.15, -0.1) is 0 Å². The molecule has 0 aromatic heterocycles. The SMILES string of the molecule is CC[C@H](CN1CC[C@H](CNC(=O)c2ccc3cc(Cl)ccc3c2)N[C@H](CCN=C(N)NC(C)C)C1=O)c1ccccc1. The van der Waals surface area contributed by atoms with Gasteiger partial charge in [0.2, 0.25) is 5.91 Å². The molecule has 0 unspecified atom stereocenters. The third-order valence-corrected chi connectivity index (χ3v) is 7.94. The highest BCUT2D eigenvalue weighted by atomic mass is 35.5. The molecule has 0 saturated carbocycles. The first-order chi connectivity index (χ1) is 20.2. The molecule has 0 spiro atoms. The number of nitrogens with two attached hydrogens (primary N) is 1. The number of hydrogen-bond acceptors (Lipinski definition) is 4. The Hall–Kier alpha value is -3.62. The highest BCUT2D eigenvalue weighted by Crippen LogP contribution is 2.23. The molecule has 4 rings (SSSR count). The van der Waals surface area contributed by atoms with E-state index in [2.05, 4.69) is 40.0 Å². The van der Waals surface area contributed by atoms with Crippen molar-refractivity contribution >= 4 is 40.1 Å². The van der Waals surface area contributed by atoms with E-state index >= 15 is 0 Å². The van der Waals surface area contributed by atoms with Crippen molar-refractivity contribution in [3.05, 3.63) is 82.9 Å². The number of carbonyl (C=O) groups excluding carboxylic acids is 2. The maximum Gasteiger partial charge on any atom is 0.251 e. The average Bonchev–Trinajstić information content (AvgIpc) is 3.12. The molecular weight excluding hydrogens is 548 g/mol. The Morgan fingerprint density at radius 3 is 2.60 bits per heavy atom. The van der Waals surface area contributed by atoms with Crippen LogP contribution in [0, 0.1) is 0 Å². The fourth-order valence-electron chi connectivity index (χ4n) is 5.42. The molecule has 0 radical (unpaired) electrons. The summed E-state index contributed by atoms with van der Waals surface area (Å²) < 4.78 is 0. The summed E-state index contributed by atoms with van der Waals surface area (Å²) in [5, 5.41) is 12.3. The minimum atomic E-state index is -0.427. The number of nitrogens with zero attached hydrogens (tertiary/aromatic N) is 2. The van der Waals surface area contributed by atoms with Crippen molar-refractivity contribution in [2.24, 2.45) is 10.7 Å². The highest BCUT2D eigenvalue weighted by molar-refractivity contribution is 6.31. The normalized spacial score (nSPS) is 18.6. The molecule has 1 saturated heterocycles. The number of fused-ring (bicyclic) bond motifs is 1. The lowest BCUT2D eigenvalue weighted by atomic mass is 9.95. The topological polar surface area (TPSA) is 112 Å². The number of aliphatic imine (C=N–C) groups is 1. The second-order valence-corrected chi connectivity index (χ2v) is 11.7. The van der Waals surface area contributed by atoms with Crippen LogP contribution in [0.5, 0.6) is 0 Å². The Kier molecular flexibility index (Phi) is 11.2. The van der Waals surface area contributed by atoms with Gasteiger partial charge in [-0.1, -0.05) is 61.0 Å². The van der Waals surface area contributed by atoms with Gasteiger partial charge in [-0.05, 0) is 73.7 Å². The average molecular weight is 591 g/mol. The lowest BCUT2D eigenvalue weighted by molar-refractivity contribution is -0.133. The first kappa shape index (κ1) is 31.3. The zero-order valence-corrected chi connectivity index (χ0v) is 25.5. The number of halogens is 1. The standard InChI is InChI=1S/C33H43ClN6O2/c1-4-23(24-8-6-5-7-9-24)21-40-17-15-29(39-30(32(40)42)14-16-36-33(35)38-22(2)3)20-37-31(41)27-11-10-26-19-28(34)13-12-25(26)18-27/h5-13,18-19,22-23,29-30,39H,4,14-17,20-21H2,1-3H3,(H,37,41)(H3,35,36,38)/t23-,29-,30-/m1/s1. The minimum Gasteiger partial charge on any atom is -0.370 e. The van der Waals surface area contributed by atoms with E-state index in [4.69, 9.17) is 17.3 Å². The van der Waals surface area contributed by atoms with E-state index < -0.39 is 6.04 Å². The molecule has 9 heteroatoms. The van der Waals surface area contributed by atoms with Gasteiger partial charge in [0.15, 0.2) is 5.96 Å². The summed E-state index contributed by atoms with van der Waals surface area (Å²) >= 11 is 6.11. The van der Waals surface area contributed by atoms with E-state index in [0.29, 0.717) is 49.1 Å². The highest BCUT2D eigenvalue weighted by Gasteiger charge is 2.32. The lowest BCUT2D eigenvalue weighted by Gasteiger charge is -2.28. The number of benzene rings is 3. The smallest absolute Gasteiger partial charge is 0.251 e. The summed E-state index contributed by atoms with van der Waals surface area (Å²) in [6.45, 7) is 8.25. The molecule has 8 nitrogen and oxygen atoms in total. The van der Waals surface area contributed by atoms with E-state index in [9.17, 15) is 9.59 Å². The maximum absolute atomic E-state index is 13.8. The van der Waals surface area contributed by atoms with Crippen LogP contribution in [0.25, 0.3) is 10.8 Å². The monoisotopic (exact) mass is 590 g/mol. The molecule has 224 valence electrons. The zero-order valence-electron chi connectivity index (χ0n) is 24.8. The summed E-state index contributed by atoms with van der Waals surface area (Å²) in [5.74, 6) is 0.542. The van der Waals surface area contributed by atoms with Crippen molar-refractivity contribution < 1.29 is 9.59 Å². The number of carbonyl (C=O) groups is 2. The fourth-order valence-corrected chi connectivity index (χ4v) is 5.60. The molecule has 1 fully saturated rings. The number of hydrogen-bond donors (Lipinski definition) is 4. The number of amides is 2. The van der Waals surface area contributed by atoms with Gasteiger partial charge >= 0.3 is 0 Å². The number of nitrogens with one attached hydrogen (secondary N) is 3. The van der Waals surface area contributed by atoms with Crippen LogP contribution in [0.2, 0.25) is 5.02 Å². The summed E-state index contributed by atoms with van der Waals surface area (Å²) in [6.07, 6.45) is 2.17. The first-order valence-corrected chi connectivity index (χ1v) is 15.2. The van der Waals surface area contributed by atoms with Crippen LogP contribution in [-0.4, -0.2) is 67.0 Å². The first-order valence-electron chi connectivity index (χ1n) is 14.9. The van der Waals surface area contributed by atoms with Crippen LogP contribution >= 0.6 is 11.6 Å². The second-order valence-electron chi connectivity index (χ2n) is 11.3. The van der Waals surface area contributed by atoms with E-state index in [1.165, 1.54) is 5.56 Å². The van der Waals surface area contributed by atoms with Crippen LogP contribution < -0.4 is 21.7 Å². The second kappa shape index (κ2) is 15.0. The van der Waals surface area contributed by atoms with Gasteiger partial charge in [0, 0.05) is 54.8 Å². The molecule has 3 aromatic rings. The molecule has 3 atom stereocenters. The third-order valence-electron chi connectivity index (χ3n) is 7.71. The molecule has 5 N–H and O–H groups in total. The molecule has 1 heterocycles. The Morgan fingerprint density at radius 1 is 1.12 bits per heavy atom. The van der Waals surface area contributed by atoms with Crippen molar-refractivity contribution in [1.29, 1.82) is 0 Å². The predicted octanol–water partition coefficient (Wildman–Crippen LogP) is 4.68. The van der Waals surface area contributed by atoms with Crippen LogP contribution in [0.3, 0.4) is 0 Å². The van der Waals surface area contributed by atoms with E-state index in [-0.39, 0.29) is 29.8 Å². The van der Waals surface area contributed by atoms with E-state index in [0.717, 1.165) is 23.6 Å². The third kappa shape index (κ3) is 8.69. The Bertz CT molecular complexity index is 1380. The van der Waals surface area contributed by atoms with Crippen molar-refractivity contribution in [3.63, 3.8) is 0 Å². The Morgan fingerprint density at radius 2 is 1.86 bits per heavy atom. The molecule has 1 aliphatic rings. The number of rotatable bonds is 11. The Labute approximate surface area is 254 Å². The van der Waals surface area contributed by atoms with Gasteiger partial charge in [-0.3, -0.25) is 14.6 Å². The lowest BCUT2D eigenvalue weighted by Crippen LogP contribution is -2.49. The molecule has 42 heavy (non-hydrogen) atoms. The minimum absolute atomic E-state index is 0.0667. The maximum atomic E-state index is 13.8. The molecule has 1 aliphatic heterocycles. The molecular formula is C33H43ClN6O2. The van der Waals surface area contributed by atoms with Gasteiger partial charge in [0.05, 0.1) is 6.04 Å². The van der Waals surface area contributed by atoms with Gasteiger partial charge in [0.25, 0.3) is 5.91 Å². The quantitative estimate of drug-likeness (QED) is 0.191. The largest absolute Gasteiger partial charge is 0.370 e. The van der Waals surface area contributed by atoms with Gasteiger partial charge in [-0.2, -0.15) is 0 Å². The van der Waals surface area contributed by atoms with Crippen molar-refractivity contribution in [2.75, 3.05) is 26.2 Å². The van der Waals surface area contributed by atoms with Gasteiger partial charge in [-0.25, -0.2) is 0 Å². The van der Waals surface area contributed by atoms with Crippen molar-refractivity contribution in [3.8, 4) is 0 Å². The fraction of sp³-hybridized carbons (Fsp3) is 0.424. The zero-order chi connectivity index (χ0) is 30.1. The molecule has 0 bridgehead atoms. The van der Waals surface area contributed by atoms with Crippen LogP contribution in [0.15, 0.2) is 71.7 Å². The predicted molar refractivity (Wildman–Crippen MR) is 172 cm³/mol. The summed E-state index contributed by atoms with van der Waals surface area (Å²) in [7, 11) is 0. The summed E-state index contributed by atoms with van der Waals surface area (Å²) in [4.78, 5) is 33.3. The number of guanidine groups is 1. The van der Waals surface area contributed by atoms with Gasteiger partial charge in [0.1, 0.15) is 0 Å². The molecule has 0 aliphatic carbocycles. The summed E-state index contributed by atoms with van der Waals surface area (Å²) in [5.41, 5.74) is 7.83. The summed E-state index contributed by atoms with van der Waals surface area (Å²) in [6, 6.07) is 21.3. The molecule has 3 aromatic carbocycles. The van der Waals surface area contributed by atoms with Crippen LogP contribution in [-0.2, 0) is 4.79 Å². The van der Waals surface area contributed by atoms with E-state index in [1.807, 2.05) is 73.3 Å². The van der Waals surface area contributed by atoms with Crippen molar-refractivity contribution in [2.45, 2.75) is 64.1 Å².